The normalized spacial score (nSPS) is 13.9. The summed E-state index contributed by atoms with van der Waals surface area (Å²) in [6.07, 6.45) is 0. The molecule has 1 N–H and O–H groups in total. The fourth-order valence-electron chi connectivity index (χ4n) is 3.08. The van der Waals surface area contributed by atoms with Gasteiger partial charge in [0.1, 0.15) is 12.4 Å². The summed E-state index contributed by atoms with van der Waals surface area (Å²) in [7, 11) is 2.72. The van der Waals surface area contributed by atoms with E-state index in [0.717, 1.165) is 33.3 Å². The molecule has 1 aromatic carbocycles. The lowest BCUT2D eigenvalue weighted by Gasteiger charge is -2.22. The summed E-state index contributed by atoms with van der Waals surface area (Å²) < 4.78 is 6.55. The molecule has 2 aromatic heterocycles. The topological polar surface area (TPSA) is 32.7 Å². The van der Waals surface area contributed by atoms with Crippen LogP contribution in [0.15, 0.2) is 43.0 Å². The van der Waals surface area contributed by atoms with Crippen LogP contribution in [0.2, 0.25) is 4.34 Å². The van der Waals surface area contributed by atoms with Crippen molar-refractivity contribution < 1.29 is 9.84 Å². The number of hydrogen-bond donors (Lipinski definition) is 1. The third kappa shape index (κ3) is 4.00. The van der Waals surface area contributed by atoms with Crippen molar-refractivity contribution in [3.8, 4) is 15.5 Å². The van der Waals surface area contributed by atoms with Crippen LogP contribution in [0.5, 0.6) is 5.75 Å². The molecule has 1 atom stereocenters. The molecule has 3 aromatic rings. The molecular formula is C21H21ClNO2PS2. The number of anilines is 1. The van der Waals surface area contributed by atoms with E-state index in [9.17, 15) is 5.11 Å². The highest BCUT2D eigenvalue weighted by atomic mass is 35.5. The smallest absolute Gasteiger partial charge is 0.126 e. The van der Waals surface area contributed by atoms with E-state index in [1.54, 1.807) is 36.5 Å². The van der Waals surface area contributed by atoms with Gasteiger partial charge in [-0.1, -0.05) is 18.2 Å². The van der Waals surface area contributed by atoms with Gasteiger partial charge in [-0.05, 0) is 55.8 Å². The summed E-state index contributed by atoms with van der Waals surface area (Å²) in [5, 5.41) is 10.8. The summed E-state index contributed by atoms with van der Waals surface area (Å²) in [6, 6.07) is 12.3. The Kier molecular flexibility index (Phi) is 5.32. The average molecular weight is 450 g/mol. The Hall–Kier alpha value is -1.36. The lowest BCUT2D eigenvalue weighted by Crippen LogP contribution is -2.28. The van der Waals surface area contributed by atoms with E-state index in [1.165, 1.54) is 20.2 Å². The summed E-state index contributed by atoms with van der Waals surface area (Å²) in [4.78, 5) is 5.89. The molecule has 0 spiro atoms. The van der Waals surface area contributed by atoms with Crippen LogP contribution in [0, 0.1) is 0 Å². The van der Waals surface area contributed by atoms with E-state index in [4.69, 9.17) is 16.3 Å². The minimum absolute atomic E-state index is 0.247. The predicted octanol–water partition coefficient (Wildman–Crippen LogP) is 5.77. The number of fused-ring (bicyclic) bond motifs is 1. The van der Waals surface area contributed by atoms with Gasteiger partial charge in [-0.15, -0.1) is 31.9 Å². The molecule has 0 aliphatic carbocycles. The number of halogens is 1. The van der Waals surface area contributed by atoms with Crippen LogP contribution < -0.4 is 14.9 Å². The third-order valence-corrected chi connectivity index (χ3v) is 7.53. The molecule has 146 valence electrons. The Balaban J connectivity index is 1.53. The monoisotopic (exact) mass is 449 g/mol. The van der Waals surface area contributed by atoms with E-state index in [-0.39, 0.29) is 6.61 Å². The van der Waals surface area contributed by atoms with Gasteiger partial charge in [-0.2, -0.15) is 0 Å². The van der Waals surface area contributed by atoms with Gasteiger partial charge in [0.2, 0.25) is 0 Å². The number of thiophene rings is 2. The number of aliphatic hydroxyl groups is 1. The van der Waals surface area contributed by atoms with Crippen molar-refractivity contribution in [2.24, 2.45) is 0 Å². The van der Waals surface area contributed by atoms with E-state index in [0.29, 0.717) is 0 Å². The zero-order chi connectivity index (χ0) is 20.1. The van der Waals surface area contributed by atoms with Crippen molar-refractivity contribution in [3.63, 3.8) is 0 Å². The zero-order valence-corrected chi connectivity index (χ0v) is 19.2. The largest absolute Gasteiger partial charge is 0.490 e. The number of ether oxygens (including phenoxy) is 1. The standard InChI is InChI=1S/C21H21ClNO2PS2/c1-12-20-13(8-18(28-20)17-6-7-19(22)27-17)10-23(12)14-4-5-15(16(26)9-14)25-11-21(2,3)24/h4-9,24H,1,10-11,26H2,2-3H3. The van der Waals surface area contributed by atoms with E-state index < -0.39 is 5.60 Å². The molecule has 0 fully saturated rings. The van der Waals surface area contributed by atoms with Crippen molar-refractivity contribution in [3.05, 3.63) is 57.8 Å². The molecule has 0 saturated carbocycles. The highest BCUT2D eigenvalue weighted by molar-refractivity contribution is 7.27. The highest BCUT2D eigenvalue weighted by Crippen LogP contribution is 2.45. The maximum Gasteiger partial charge on any atom is 0.126 e. The first kappa shape index (κ1) is 19.9. The lowest BCUT2D eigenvalue weighted by molar-refractivity contribution is 0.0289. The van der Waals surface area contributed by atoms with Crippen molar-refractivity contribution in [2.75, 3.05) is 11.5 Å². The Bertz CT molecular complexity index is 1050. The van der Waals surface area contributed by atoms with Crippen molar-refractivity contribution >= 4 is 60.2 Å². The van der Waals surface area contributed by atoms with Gasteiger partial charge in [0.05, 0.1) is 20.5 Å². The summed E-state index contributed by atoms with van der Waals surface area (Å²) in [5.74, 6) is 0.757. The van der Waals surface area contributed by atoms with Gasteiger partial charge >= 0.3 is 0 Å². The van der Waals surface area contributed by atoms with Gasteiger partial charge in [0, 0.05) is 27.3 Å². The predicted molar refractivity (Wildman–Crippen MR) is 125 cm³/mol. The van der Waals surface area contributed by atoms with Crippen LogP contribution in [-0.4, -0.2) is 17.3 Å². The van der Waals surface area contributed by atoms with Gasteiger partial charge in [-0.25, -0.2) is 0 Å². The van der Waals surface area contributed by atoms with E-state index in [1.807, 2.05) is 18.2 Å². The SMILES string of the molecule is C=C1c2sc(-c3ccc(Cl)s3)cc2CN1c1ccc(OCC(C)(C)O)c(P)c1. The first-order valence-corrected chi connectivity index (χ1v) is 11.4. The van der Waals surface area contributed by atoms with Gasteiger partial charge in [0.25, 0.3) is 0 Å². The highest BCUT2D eigenvalue weighted by Gasteiger charge is 2.27. The van der Waals surface area contributed by atoms with Crippen LogP contribution in [0.25, 0.3) is 15.5 Å². The first-order valence-electron chi connectivity index (χ1n) is 8.81. The number of benzene rings is 1. The molecule has 28 heavy (non-hydrogen) atoms. The fourth-order valence-corrected chi connectivity index (χ4v) is 5.71. The van der Waals surface area contributed by atoms with E-state index >= 15 is 0 Å². The molecule has 0 saturated heterocycles. The average Bonchev–Trinajstić information content (AvgIpc) is 3.29. The van der Waals surface area contributed by atoms with Crippen molar-refractivity contribution in [1.82, 2.24) is 0 Å². The molecule has 0 radical (unpaired) electrons. The summed E-state index contributed by atoms with van der Waals surface area (Å²) in [6.45, 7) is 8.84. The Morgan fingerprint density at radius 1 is 1.21 bits per heavy atom. The maximum atomic E-state index is 9.86. The maximum absolute atomic E-state index is 9.86. The molecule has 1 aliphatic rings. The minimum Gasteiger partial charge on any atom is -0.490 e. The second-order valence-corrected chi connectivity index (χ2v) is 10.8. The molecule has 0 bridgehead atoms. The number of hydrogen-bond acceptors (Lipinski definition) is 5. The lowest BCUT2D eigenvalue weighted by atomic mass is 10.2. The minimum atomic E-state index is -0.863. The summed E-state index contributed by atoms with van der Waals surface area (Å²) >= 11 is 9.45. The van der Waals surface area contributed by atoms with Gasteiger partial charge in [-0.3, -0.25) is 0 Å². The van der Waals surface area contributed by atoms with Crippen LogP contribution in [0.4, 0.5) is 5.69 Å². The van der Waals surface area contributed by atoms with Crippen molar-refractivity contribution in [1.29, 1.82) is 0 Å². The Labute approximate surface area is 180 Å². The fraction of sp³-hybridized carbons (Fsp3) is 0.238. The Morgan fingerprint density at radius 3 is 2.61 bits per heavy atom. The molecule has 1 unspecified atom stereocenters. The molecule has 3 nitrogen and oxygen atoms in total. The molecule has 0 amide bonds. The third-order valence-electron chi connectivity index (χ3n) is 4.43. The molecule has 7 heteroatoms. The molecule has 3 heterocycles. The van der Waals surface area contributed by atoms with Crippen molar-refractivity contribution in [2.45, 2.75) is 26.0 Å². The quantitative estimate of drug-likeness (QED) is 0.502. The van der Waals surface area contributed by atoms with Crippen LogP contribution >= 0.6 is 43.5 Å². The van der Waals surface area contributed by atoms with Gasteiger partial charge < -0.3 is 14.7 Å². The second kappa shape index (κ2) is 7.47. The molecule has 1 aliphatic heterocycles. The molecule has 4 rings (SSSR count). The number of rotatable bonds is 5. The summed E-state index contributed by atoms with van der Waals surface area (Å²) in [5.41, 5.74) is 2.53. The molecular weight excluding hydrogens is 429 g/mol. The Morgan fingerprint density at radius 2 is 2.00 bits per heavy atom. The van der Waals surface area contributed by atoms with E-state index in [2.05, 4.69) is 38.9 Å². The van der Waals surface area contributed by atoms with Crippen LogP contribution in [0.1, 0.15) is 24.3 Å². The number of nitrogens with zero attached hydrogens (tertiary/aromatic N) is 1. The first-order chi connectivity index (χ1) is 13.2. The van der Waals surface area contributed by atoms with Crippen LogP contribution in [0.3, 0.4) is 0 Å². The second-order valence-electron chi connectivity index (χ2n) is 7.42. The van der Waals surface area contributed by atoms with Crippen LogP contribution in [-0.2, 0) is 6.54 Å². The van der Waals surface area contributed by atoms with Gasteiger partial charge in [0.15, 0.2) is 0 Å². The zero-order valence-electron chi connectivity index (χ0n) is 15.7.